The highest BCUT2D eigenvalue weighted by atomic mass is 35.5. The summed E-state index contributed by atoms with van der Waals surface area (Å²) in [6.45, 7) is 0. The number of aromatic nitrogens is 2. The Bertz CT molecular complexity index is 1220. The summed E-state index contributed by atoms with van der Waals surface area (Å²) in [5, 5.41) is 8.90. The van der Waals surface area contributed by atoms with E-state index in [0.29, 0.717) is 21.3 Å². The molecule has 0 fully saturated rings. The zero-order chi connectivity index (χ0) is 24.8. The predicted molar refractivity (Wildman–Crippen MR) is 114 cm³/mol. The number of rotatable bonds is 3. The normalized spacial score (nSPS) is 18.2. The van der Waals surface area contributed by atoms with Gasteiger partial charge in [-0.1, -0.05) is 35.3 Å². The first-order chi connectivity index (χ1) is 15.8. The summed E-state index contributed by atoms with van der Waals surface area (Å²) >= 11 is 11.5. The van der Waals surface area contributed by atoms with Crippen LogP contribution in [0.15, 0.2) is 48.5 Å². The van der Waals surface area contributed by atoms with Crippen LogP contribution in [0, 0.1) is 0 Å². The number of nitrogens with zero attached hydrogens (tertiary/aromatic N) is 2. The van der Waals surface area contributed by atoms with E-state index in [1.807, 2.05) is 0 Å². The lowest BCUT2D eigenvalue weighted by Crippen LogP contribution is -2.35. The van der Waals surface area contributed by atoms with Crippen molar-refractivity contribution in [3.63, 3.8) is 0 Å². The van der Waals surface area contributed by atoms with Gasteiger partial charge in [0.2, 0.25) is 0 Å². The molecule has 0 saturated carbocycles. The molecule has 5 nitrogen and oxygen atoms in total. The number of fused-ring (bicyclic) bond motifs is 1. The van der Waals surface area contributed by atoms with E-state index < -0.39 is 53.7 Å². The van der Waals surface area contributed by atoms with Crippen LogP contribution in [0.3, 0.4) is 0 Å². The van der Waals surface area contributed by atoms with Gasteiger partial charge in [-0.3, -0.25) is 4.79 Å². The summed E-state index contributed by atoms with van der Waals surface area (Å²) < 4.78 is 81.9. The van der Waals surface area contributed by atoms with Crippen LogP contribution in [0.25, 0.3) is 0 Å². The number of carbonyl (C=O) groups is 1. The van der Waals surface area contributed by atoms with Gasteiger partial charge in [0.15, 0.2) is 11.7 Å². The number of carbonyl (C=O) groups excluding carboxylic acids is 1. The van der Waals surface area contributed by atoms with Gasteiger partial charge in [0, 0.05) is 22.5 Å². The van der Waals surface area contributed by atoms with Gasteiger partial charge in [-0.2, -0.15) is 31.4 Å². The standard InChI is InChI=1S/C21H14Cl2F6N4O/c22-11-3-1-10(2-4-11)15-8-17(21(27,28)29)33-18(30-15)9-16(32-33)19(34)31-14-6-5-12(23)7-13(14)20(24,25)26/h1-7,9,15,17,30H,8H2,(H,31,34)/t15-,17+/m0/s1. The monoisotopic (exact) mass is 522 g/mol. The number of alkyl halides is 6. The van der Waals surface area contributed by atoms with Crippen LogP contribution in [-0.2, 0) is 6.18 Å². The lowest BCUT2D eigenvalue weighted by atomic mass is 9.97. The average molecular weight is 523 g/mol. The fourth-order valence-corrected chi connectivity index (χ4v) is 3.94. The third-order valence-corrected chi connectivity index (χ3v) is 5.72. The van der Waals surface area contributed by atoms with Crippen molar-refractivity contribution in [1.82, 2.24) is 9.78 Å². The Morgan fingerprint density at radius 2 is 1.65 bits per heavy atom. The van der Waals surface area contributed by atoms with Crippen molar-refractivity contribution in [2.75, 3.05) is 10.6 Å². The number of hydrogen-bond acceptors (Lipinski definition) is 3. The number of halogens is 8. The Morgan fingerprint density at radius 1 is 1.00 bits per heavy atom. The molecule has 4 rings (SSSR count). The molecule has 1 aromatic heterocycles. The van der Waals surface area contributed by atoms with E-state index in [4.69, 9.17) is 23.2 Å². The molecule has 1 aliphatic rings. The lowest BCUT2D eigenvalue weighted by molar-refractivity contribution is -0.173. The molecule has 3 aromatic rings. The lowest BCUT2D eigenvalue weighted by Gasteiger charge is -2.33. The van der Waals surface area contributed by atoms with Crippen molar-refractivity contribution in [2.45, 2.75) is 30.9 Å². The van der Waals surface area contributed by atoms with Crippen molar-refractivity contribution in [3.8, 4) is 0 Å². The molecule has 1 aliphatic heterocycles. The van der Waals surface area contributed by atoms with Crippen LogP contribution in [0.5, 0.6) is 0 Å². The quantitative estimate of drug-likeness (QED) is 0.360. The molecule has 2 N–H and O–H groups in total. The Kier molecular flexibility index (Phi) is 6.19. The summed E-state index contributed by atoms with van der Waals surface area (Å²) in [5.41, 5.74) is -1.76. The van der Waals surface area contributed by atoms with Crippen LogP contribution < -0.4 is 10.6 Å². The Morgan fingerprint density at radius 3 is 2.26 bits per heavy atom. The molecule has 2 heterocycles. The summed E-state index contributed by atoms with van der Waals surface area (Å²) in [4.78, 5) is 12.6. The largest absolute Gasteiger partial charge is 0.418 e. The highest BCUT2D eigenvalue weighted by Crippen LogP contribution is 2.44. The minimum atomic E-state index is -4.82. The van der Waals surface area contributed by atoms with Crippen LogP contribution in [-0.4, -0.2) is 21.9 Å². The molecular weight excluding hydrogens is 509 g/mol. The van der Waals surface area contributed by atoms with Gasteiger partial charge in [-0.15, -0.1) is 0 Å². The van der Waals surface area contributed by atoms with Crippen molar-refractivity contribution in [3.05, 3.63) is 75.4 Å². The smallest absolute Gasteiger partial charge is 0.363 e. The molecule has 180 valence electrons. The van der Waals surface area contributed by atoms with E-state index in [9.17, 15) is 31.1 Å². The maximum Gasteiger partial charge on any atom is 0.418 e. The Hall–Kier alpha value is -2.92. The van der Waals surface area contributed by atoms with Crippen LogP contribution in [0.1, 0.15) is 40.1 Å². The van der Waals surface area contributed by atoms with E-state index in [-0.39, 0.29) is 10.8 Å². The van der Waals surface area contributed by atoms with Gasteiger partial charge >= 0.3 is 12.4 Å². The molecule has 13 heteroatoms. The molecule has 0 spiro atoms. The molecule has 0 aliphatic carbocycles. The number of amides is 1. The zero-order valence-corrected chi connectivity index (χ0v) is 18.3. The second-order valence-corrected chi connectivity index (χ2v) is 8.42. The van der Waals surface area contributed by atoms with Gasteiger partial charge in [-0.25, -0.2) is 4.68 Å². The van der Waals surface area contributed by atoms with Gasteiger partial charge in [0.25, 0.3) is 5.91 Å². The molecule has 2 aromatic carbocycles. The minimum Gasteiger partial charge on any atom is -0.363 e. The number of nitrogens with one attached hydrogen (secondary N) is 2. The fourth-order valence-electron chi connectivity index (χ4n) is 3.64. The third-order valence-electron chi connectivity index (χ3n) is 5.23. The third kappa shape index (κ3) is 4.95. The van der Waals surface area contributed by atoms with Crippen LogP contribution in [0.2, 0.25) is 10.0 Å². The fraction of sp³-hybridized carbons (Fsp3) is 0.238. The van der Waals surface area contributed by atoms with Gasteiger partial charge in [0.1, 0.15) is 5.82 Å². The second kappa shape index (κ2) is 8.70. The number of benzene rings is 2. The molecule has 34 heavy (non-hydrogen) atoms. The van der Waals surface area contributed by atoms with Crippen LogP contribution in [0.4, 0.5) is 37.8 Å². The topological polar surface area (TPSA) is 59.0 Å². The predicted octanol–water partition coefficient (Wildman–Crippen LogP) is 7.12. The number of anilines is 2. The van der Waals surface area contributed by atoms with E-state index in [1.165, 1.54) is 12.1 Å². The molecule has 1 amide bonds. The zero-order valence-electron chi connectivity index (χ0n) is 16.8. The summed E-state index contributed by atoms with van der Waals surface area (Å²) in [7, 11) is 0. The van der Waals surface area contributed by atoms with Gasteiger partial charge in [-0.05, 0) is 35.9 Å². The SMILES string of the molecule is O=C(Nc1ccc(Cl)cc1C(F)(F)F)c1cc2n(n1)[C@@H](C(F)(F)F)C[C@@H](c1ccc(Cl)cc1)N2. The Balaban J connectivity index is 1.66. The van der Waals surface area contributed by atoms with Crippen molar-refractivity contribution in [1.29, 1.82) is 0 Å². The van der Waals surface area contributed by atoms with E-state index in [2.05, 4.69) is 15.7 Å². The molecule has 0 radical (unpaired) electrons. The van der Waals surface area contributed by atoms with Crippen molar-refractivity contribution >= 4 is 40.6 Å². The first-order valence-corrected chi connectivity index (χ1v) is 10.4. The van der Waals surface area contributed by atoms with E-state index in [0.717, 1.165) is 18.2 Å². The highest BCUT2D eigenvalue weighted by Gasteiger charge is 2.47. The van der Waals surface area contributed by atoms with Gasteiger partial charge in [0.05, 0.1) is 17.3 Å². The first-order valence-electron chi connectivity index (χ1n) is 9.69. The maximum atomic E-state index is 13.8. The minimum absolute atomic E-state index is 0.106. The maximum absolute atomic E-state index is 13.8. The van der Waals surface area contributed by atoms with E-state index in [1.54, 1.807) is 12.1 Å². The van der Waals surface area contributed by atoms with Gasteiger partial charge < -0.3 is 10.6 Å². The van der Waals surface area contributed by atoms with E-state index >= 15 is 0 Å². The number of hydrogen-bond donors (Lipinski definition) is 2. The molecule has 0 unspecified atom stereocenters. The molecule has 2 atom stereocenters. The van der Waals surface area contributed by atoms with Crippen LogP contribution >= 0.6 is 23.2 Å². The summed E-state index contributed by atoms with van der Waals surface area (Å²) in [6.07, 6.45) is -9.94. The second-order valence-electron chi connectivity index (χ2n) is 7.54. The first kappa shape index (κ1) is 24.2. The summed E-state index contributed by atoms with van der Waals surface area (Å²) in [6, 6.07) is 7.18. The molecule has 0 saturated heterocycles. The van der Waals surface area contributed by atoms with Crippen molar-refractivity contribution < 1.29 is 31.1 Å². The summed E-state index contributed by atoms with van der Waals surface area (Å²) in [5.74, 6) is -1.22. The Labute approximate surface area is 198 Å². The average Bonchev–Trinajstić information content (AvgIpc) is 3.17. The molecular formula is C21H14Cl2F6N4O. The highest BCUT2D eigenvalue weighted by molar-refractivity contribution is 6.31. The molecule has 0 bridgehead atoms. The van der Waals surface area contributed by atoms with Crippen molar-refractivity contribution in [2.24, 2.45) is 0 Å².